The van der Waals surface area contributed by atoms with Gasteiger partial charge in [0.2, 0.25) is 0 Å². The van der Waals surface area contributed by atoms with E-state index in [2.05, 4.69) is 97.4 Å². The minimum Gasteiger partial charge on any atom is -0.494 e. The van der Waals surface area contributed by atoms with Crippen LogP contribution in [0.25, 0.3) is 0 Å². The Kier molecular flexibility index (Phi) is 10.1. The molecule has 0 fully saturated rings. The highest BCUT2D eigenvalue weighted by atomic mass is 16.5. The molecule has 2 rings (SSSR count). The summed E-state index contributed by atoms with van der Waals surface area (Å²) in [5, 5.41) is 0. The highest BCUT2D eigenvalue weighted by molar-refractivity contribution is 5.31. The Morgan fingerprint density at radius 3 is 1.77 bits per heavy atom. The lowest BCUT2D eigenvalue weighted by Gasteiger charge is -2.23. The van der Waals surface area contributed by atoms with Crippen molar-refractivity contribution in [1.82, 2.24) is 0 Å². The molecule has 0 N–H and O–H groups in total. The fourth-order valence-electron chi connectivity index (χ4n) is 4.20. The van der Waals surface area contributed by atoms with Crippen LogP contribution in [0.2, 0.25) is 0 Å². The van der Waals surface area contributed by atoms with Gasteiger partial charge in [0.1, 0.15) is 5.75 Å². The molecule has 0 aromatic heterocycles. The standard InChI is InChI=1S/C29H46NO/c1-8-23(3)26-12-14-27(15-13-26)24(4)22-25(9-2)28-16-18-29(19-17-28)31-21-11-10-20-30(5,6)7/h12-19,23-25H,8-11,20-22H2,1-7H3/q+1. The van der Waals surface area contributed by atoms with Gasteiger partial charge in [-0.05, 0) is 78.7 Å². The lowest BCUT2D eigenvalue weighted by atomic mass is 9.84. The van der Waals surface area contributed by atoms with Crippen molar-refractivity contribution in [1.29, 1.82) is 0 Å². The molecule has 2 heteroatoms. The average molecular weight is 425 g/mol. The smallest absolute Gasteiger partial charge is 0.119 e. The minimum atomic E-state index is 0.563. The van der Waals surface area contributed by atoms with E-state index in [1.165, 1.54) is 48.9 Å². The van der Waals surface area contributed by atoms with Crippen molar-refractivity contribution >= 4 is 0 Å². The molecular formula is C29H46NO+. The van der Waals surface area contributed by atoms with E-state index >= 15 is 0 Å². The summed E-state index contributed by atoms with van der Waals surface area (Å²) in [6.07, 6.45) is 5.87. The van der Waals surface area contributed by atoms with Crippen LogP contribution in [0, 0.1) is 0 Å². The number of quaternary nitrogens is 1. The molecule has 0 spiro atoms. The molecule has 0 amide bonds. The Morgan fingerprint density at radius 2 is 1.26 bits per heavy atom. The molecule has 0 aliphatic heterocycles. The molecule has 0 aliphatic rings. The topological polar surface area (TPSA) is 9.23 Å². The second-order valence-electron chi connectivity index (χ2n) is 10.4. The molecule has 0 radical (unpaired) electrons. The number of nitrogens with zero attached hydrogens (tertiary/aromatic N) is 1. The second kappa shape index (κ2) is 12.3. The maximum atomic E-state index is 5.97. The van der Waals surface area contributed by atoms with Crippen molar-refractivity contribution in [3.63, 3.8) is 0 Å². The van der Waals surface area contributed by atoms with Crippen LogP contribution in [0.4, 0.5) is 0 Å². The number of ether oxygens (including phenoxy) is 1. The molecule has 0 saturated heterocycles. The van der Waals surface area contributed by atoms with E-state index in [9.17, 15) is 0 Å². The summed E-state index contributed by atoms with van der Waals surface area (Å²) in [6.45, 7) is 11.2. The molecule has 31 heavy (non-hydrogen) atoms. The van der Waals surface area contributed by atoms with Gasteiger partial charge in [0.05, 0.1) is 34.3 Å². The number of benzene rings is 2. The summed E-state index contributed by atoms with van der Waals surface area (Å²) in [5.41, 5.74) is 4.35. The van der Waals surface area contributed by atoms with E-state index in [-0.39, 0.29) is 0 Å². The number of hydrogen-bond acceptors (Lipinski definition) is 1. The summed E-state index contributed by atoms with van der Waals surface area (Å²) in [7, 11) is 6.73. The molecule has 2 aromatic rings. The summed E-state index contributed by atoms with van der Waals surface area (Å²) in [6, 6.07) is 18.2. The van der Waals surface area contributed by atoms with Crippen molar-refractivity contribution in [2.45, 2.75) is 77.6 Å². The third-order valence-corrected chi connectivity index (χ3v) is 6.66. The van der Waals surface area contributed by atoms with Crippen molar-refractivity contribution in [2.24, 2.45) is 0 Å². The molecule has 0 saturated carbocycles. The van der Waals surface area contributed by atoms with Gasteiger partial charge >= 0.3 is 0 Å². The molecule has 0 heterocycles. The van der Waals surface area contributed by atoms with Crippen molar-refractivity contribution in [3.8, 4) is 5.75 Å². The number of unbranched alkanes of at least 4 members (excludes halogenated alkanes) is 1. The predicted octanol–water partition coefficient (Wildman–Crippen LogP) is 7.75. The average Bonchev–Trinajstić information content (AvgIpc) is 2.76. The van der Waals surface area contributed by atoms with Gasteiger partial charge in [-0.2, -0.15) is 0 Å². The largest absolute Gasteiger partial charge is 0.494 e. The van der Waals surface area contributed by atoms with Gasteiger partial charge in [0.15, 0.2) is 0 Å². The molecule has 172 valence electrons. The van der Waals surface area contributed by atoms with Gasteiger partial charge in [-0.1, -0.05) is 64.1 Å². The van der Waals surface area contributed by atoms with Gasteiger partial charge in [0.25, 0.3) is 0 Å². The minimum absolute atomic E-state index is 0.563. The van der Waals surface area contributed by atoms with Gasteiger partial charge in [-0.3, -0.25) is 0 Å². The zero-order valence-corrected chi connectivity index (χ0v) is 21.2. The van der Waals surface area contributed by atoms with Crippen molar-refractivity contribution < 1.29 is 9.22 Å². The first kappa shape index (κ1) is 25.5. The van der Waals surface area contributed by atoms with E-state index in [1.807, 2.05) is 0 Å². The van der Waals surface area contributed by atoms with Gasteiger partial charge in [-0.15, -0.1) is 0 Å². The third kappa shape index (κ3) is 8.69. The van der Waals surface area contributed by atoms with Crippen LogP contribution in [-0.2, 0) is 0 Å². The van der Waals surface area contributed by atoms with Crippen molar-refractivity contribution in [2.75, 3.05) is 34.3 Å². The molecular weight excluding hydrogens is 378 g/mol. The predicted molar refractivity (Wildman–Crippen MR) is 135 cm³/mol. The molecule has 0 aliphatic carbocycles. The summed E-state index contributed by atoms with van der Waals surface area (Å²) >= 11 is 0. The lowest BCUT2D eigenvalue weighted by Crippen LogP contribution is -2.35. The first-order chi connectivity index (χ1) is 14.7. The number of hydrogen-bond donors (Lipinski definition) is 0. The Hall–Kier alpha value is -1.80. The maximum Gasteiger partial charge on any atom is 0.119 e. The van der Waals surface area contributed by atoms with Crippen LogP contribution in [0.3, 0.4) is 0 Å². The van der Waals surface area contributed by atoms with Crippen LogP contribution in [0.1, 0.15) is 94.2 Å². The Morgan fingerprint density at radius 1 is 0.710 bits per heavy atom. The van der Waals surface area contributed by atoms with E-state index < -0.39 is 0 Å². The molecule has 2 nitrogen and oxygen atoms in total. The SMILES string of the molecule is CCC(C)c1ccc(C(C)CC(CC)c2ccc(OCCCC[N+](C)(C)C)cc2)cc1. The van der Waals surface area contributed by atoms with E-state index in [0.717, 1.165) is 23.3 Å². The quantitative estimate of drug-likeness (QED) is 0.236. The summed E-state index contributed by atoms with van der Waals surface area (Å²) in [4.78, 5) is 0. The fourth-order valence-corrected chi connectivity index (χ4v) is 4.20. The Balaban J connectivity index is 1.87. The fraction of sp³-hybridized carbons (Fsp3) is 0.586. The Bertz CT molecular complexity index is 742. The van der Waals surface area contributed by atoms with E-state index in [4.69, 9.17) is 4.74 Å². The first-order valence-electron chi connectivity index (χ1n) is 12.4. The van der Waals surface area contributed by atoms with Crippen LogP contribution in [0.5, 0.6) is 5.75 Å². The zero-order valence-electron chi connectivity index (χ0n) is 21.2. The maximum absolute atomic E-state index is 5.97. The molecule has 3 atom stereocenters. The van der Waals surface area contributed by atoms with E-state index in [0.29, 0.717) is 17.8 Å². The van der Waals surface area contributed by atoms with Gasteiger partial charge in [-0.25, -0.2) is 0 Å². The van der Waals surface area contributed by atoms with Gasteiger partial charge < -0.3 is 9.22 Å². The molecule has 3 unspecified atom stereocenters. The highest BCUT2D eigenvalue weighted by Gasteiger charge is 2.16. The van der Waals surface area contributed by atoms with Crippen molar-refractivity contribution in [3.05, 3.63) is 65.2 Å². The van der Waals surface area contributed by atoms with Crippen LogP contribution >= 0.6 is 0 Å². The summed E-state index contributed by atoms with van der Waals surface area (Å²) < 4.78 is 6.99. The van der Waals surface area contributed by atoms with E-state index in [1.54, 1.807) is 0 Å². The first-order valence-corrected chi connectivity index (χ1v) is 12.4. The van der Waals surface area contributed by atoms with Crippen LogP contribution in [-0.4, -0.2) is 38.8 Å². The molecule has 0 bridgehead atoms. The zero-order chi connectivity index (χ0) is 22.9. The Labute approximate surface area is 192 Å². The van der Waals surface area contributed by atoms with Crippen LogP contribution in [0.15, 0.2) is 48.5 Å². The third-order valence-electron chi connectivity index (χ3n) is 6.66. The monoisotopic (exact) mass is 424 g/mol. The molecule has 2 aromatic carbocycles. The summed E-state index contributed by atoms with van der Waals surface area (Å²) in [5.74, 6) is 2.79. The second-order valence-corrected chi connectivity index (χ2v) is 10.4. The van der Waals surface area contributed by atoms with Gasteiger partial charge in [0, 0.05) is 0 Å². The normalized spacial score (nSPS) is 14.8. The highest BCUT2D eigenvalue weighted by Crippen LogP contribution is 2.33. The lowest BCUT2D eigenvalue weighted by molar-refractivity contribution is -0.870. The number of rotatable bonds is 13. The van der Waals surface area contributed by atoms with Crippen LogP contribution < -0.4 is 4.74 Å².